The Kier molecular flexibility index (Phi) is 16.7. The summed E-state index contributed by atoms with van der Waals surface area (Å²) in [4.78, 5) is 0. The Labute approximate surface area is 114 Å². The molecule has 1 heteroatoms. The van der Waals surface area contributed by atoms with E-state index in [1.54, 1.807) is 0 Å². The Bertz CT molecular complexity index is 109. The second-order valence-corrected chi connectivity index (χ2v) is 6.23. The zero-order valence-corrected chi connectivity index (χ0v) is 12.8. The average Bonchev–Trinajstić information content (AvgIpc) is 2.35. The Balaban J connectivity index is 2.85. The molecule has 0 heterocycles. The van der Waals surface area contributed by atoms with Crippen molar-refractivity contribution in [1.82, 2.24) is 0 Å². The van der Waals surface area contributed by atoms with Gasteiger partial charge in [0.05, 0.1) is 0 Å². The average molecular weight is 258 g/mol. The van der Waals surface area contributed by atoms with Gasteiger partial charge >= 0.3 is 0 Å². The lowest BCUT2D eigenvalue weighted by molar-refractivity contribution is 0.586. The lowest BCUT2D eigenvalue weighted by Gasteiger charge is -2.02. The molecule has 0 aliphatic rings. The van der Waals surface area contributed by atoms with Crippen molar-refractivity contribution >= 4 is 11.8 Å². The number of rotatable bonds is 14. The van der Waals surface area contributed by atoms with Gasteiger partial charge in [-0.05, 0) is 24.3 Å². The normalized spacial score (nSPS) is 10.9. The van der Waals surface area contributed by atoms with E-state index in [9.17, 15) is 0 Å². The summed E-state index contributed by atoms with van der Waals surface area (Å²) in [5.74, 6) is 2.76. The van der Waals surface area contributed by atoms with Crippen LogP contribution in [0.3, 0.4) is 0 Å². The summed E-state index contributed by atoms with van der Waals surface area (Å²) in [7, 11) is 0. The molecule has 0 rings (SSSR count). The SMILES string of the molecule is [CH2]CCCCCSCCCCCCCCCC. The molecular weight excluding hydrogens is 224 g/mol. The minimum atomic E-state index is 1.11. The minimum Gasteiger partial charge on any atom is -0.162 e. The molecule has 0 unspecified atom stereocenters. The highest BCUT2D eigenvalue weighted by Gasteiger charge is 1.93. The molecule has 0 bridgehead atoms. The second-order valence-electron chi connectivity index (χ2n) is 5.00. The monoisotopic (exact) mass is 257 g/mol. The third-order valence-electron chi connectivity index (χ3n) is 3.18. The Hall–Kier alpha value is 0.350. The maximum Gasteiger partial charge on any atom is -0.00675 e. The first-order valence-electron chi connectivity index (χ1n) is 7.78. The van der Waals surface area contributed by atoms with Crippen molar-refractivity contribution in [3.05, 3.63) is 6.92 Å². The van der Waals surface area contributed by atoms with Crippen molar-refractivity contribution in [2.75, 3.05) is 11.5 Å². The maximum atomic E-state index is 3.87. The first-order valence-corrected chi connectivity index (χ1v) is 8.94. The van der Waals surface area contributed by atoms with Gasteiger partial charge in [0.15, 0.2) is 0 Å². The minimum absolute atomic E-state index is 1.11. The fraction of sp³-hybridized carbons (Fsp3) is 0.938. The number of hydrogen-bond donors (Lipinski definition) is 0. The second kappa shape index (κ2) is 16.4. The van der Waals surface area contributed by atoms with Crippen molar-refractivity contribution in [2.45, 2.75) is 84.0 Å². The molecule has 0 aromatic carbocycles. The molecule has 1 radical (unpaired) electrons. The van der Waals surface area contributed by atoms with Crippen LogP contribution in [0.25, 0.3) is 0 Å². The Morgan fingerprint density at radius 3 is 1.65 bits per heavy atom. The van der Waals surface area contributed by atoms with Gasteiger partial charge in [0.25, 0.3) is 0 Å². The van der Waals surface area contributed by atoms with Gasteiger partial charge in [-0.3, -0.25) is 0 Å². The smallest absolute Gasteiger partial charge is 0.00675 e. The quantitative estimate of drug-likeness (QED) is 0.331. The molecule has 0 fully saturated rings. The van der Waals surface area contributed by atoms with Crippen molar-refractivity contribution in [3.8, 4) is 0 Å². The Morgan fingerprint density at radius 2 is 1.12 bits per heavy atom. The molecular formula is C16H33S. The molecule has 0 saturated heterocycles. The predicted molar refractivity (Wildman–Crippen MR) is 83.8 cm³/mol. The molecule has 0 aliphatic heterocycles. The summed E-state index contributed by atoms with van der Waals surface area (Å²) in [6.07, 6.45) is 16.8. The first kappa shape index (κ1) is 17.4. The van der Waals surface area contributed by atoms with Gasteiger partial charge in [0.1, 0.15) is 0 Å². The van der Waals surface area contributed by atoms with E-state index >= 15 is 0 Å². The van der Waals surface area contributed by atoms with Crippen LogP contribution < -0.4 is 0 Å². The highest BCUT2D eigenvalue weighted by molar-refractivity contribution is 7.99. The van der Waals surface area contributed by atoms with E-state index in [-0.39, 0.29) is 0 Å². The fourth-order valence-corrected chi connectivity index (χ4v) is 3.02. The van der Waals surface area contributed by atoms with E-state index in [0.29, 0.717) is 0 Å². The van der Waals surface area contributed by atoms with Crippen LogP contribution in [0.5, 0.6) is 0 Å². The third-order valence-corrected chi connectivity index (χ3v) is 4.34. The van der Waals surface area contributed by atoms with E-state index in [2.05, 4.69) is 25.6 Å². The van der Waals surface area contributed by atoms with Crippen LogP contribution in [-0.4, -0.2) is 11.5 Å². The third kappa shape index (κ3) is 16.4. The van der Waals surface area contributed by atoms with Crippen LogP contribution in [0.1, 0.15) is 84.0 Å². The molecule has 0 aromatic heterocycles. The summed E-state index contributed by atoms with van der Waals surface area (Å²) in [6, 6.07) is 0. The van der Waals surface area contributed by atoms with Crippen LogP contribution in [-0.2, 0) is 0 Å². The topological polar surface area (TPSA) is 0 Å². The highest BCUT2D eigenvalue weighted by atomic mass is 32.2. The van der Waals surface area contributed by atoms with E-state index in [1.165, 1.54) is 82.1 Å². The van der Waals surface area contributed by atoms with Crippen LogP contribution >= 0.6 is 11.8 Å². The van der Waals surface area contributed by atoms with E-state index in [4.69, 9.17) is 0 Å². The zero-order valence-electron chi connectivity index (χ0n) is 12.0. The van der Waals surface area contributed by atoms with E-state index in [1.807, 2.05) is 0 Å². The first-order chi connectivity index (χ1) is 8.41. The lowest BCUT2D eigenvalue weighted by atomic mass is 10.1. The summed E-state index contributed by atoms with van der Waals surface area (Å²) in [5, 5.41) is 0. The fourth-order valence-electron chi connectivity index (χ4n) is 2.00. The van der Waals surface area contributed by atoms with Gasteiger partial charge in [-0.25, -0.2) is 0 Å². The lowest BCUT2D eigenvalue weighted by Crippen LogP contribution is -1.86. The molecule has 0 nitrogen and oxygen atoms in total. The van der Waals surface area contributed by atoms with E-state index in [0.717, 1.165) is 6.42 Å². The standard InChI is InChI=1S/C16H33S/c1-3-5-7-9-10-11-12-14-16-17-15-13-8-6-4-2/h2-16H2,1H3. The molecule has 0 spiro atoms. The van der Waals surface area contributed by atoms with Gasteiger partial charge in [0.2, 0.25) is 0 Å². The maximum absolute atomic E-state index is 3.87. The van der Waals surface area contributed by atoms with Gasteiger partial charge in [-0.2, -0.15) is 11.8 Å². The van der Waals surface area contributed by atoms with E-state index < -0.39 is 0 Å². The van der Waals surface area contributed by atoms with Gasteiger partial charge in [-0.1, -0.05) is 78.1 Å². The van der Waals surface area contributed by atoms with Gasteiger partial charge in [0, 0.05) is 0 Å². The largest absolute Gasteiger partial charge is 0.162 e. The molecule has 103 valence electrons. The predicted octanol–water partition coefficient (Wildman–Crippen LogP) is 6.25. The highest BCUT2D eigenvalue weighted by Crippen LogP contribution is 2.13. The zero-order chi connectivity index (χ0) is 12.6. The van der Waals surface area contributed by atoms with Crippen LogP contribution in [0.4, 0.5) is 0 Å². The van der Waals surface area contributed by atoms with Crippen LogP contribution in [0, 0.1) is 6.92 Å². The molecule has 0 N–H and O–H groups in total. The number of unbranched alkanes of at least 4 members (excludes halogenated alkanes) is 10. The van der Waals surface area contributed by atoms with Crippen LogP contribution in [0.2, 0.25) is 0 Å². The summed E-state index contributed by atoms with van der Waals surface area (Å²) in [5.41, 5.74) is 0. The van der Waals surface area contributed by atoms with Crippen molar-refractivity contribution in [1.29, 1.82) is 0 Å². The summed E-state index contributed by atoms with van der Waals surface area (Å²) >= 11 is 2.16. The van der Waals surface area contributed by atoms with Gasteiger partial charge in [-0.15, -0.1) is 0 Å². The van der Waals surface area contributed by atoms with Crippen molar-refractivity contribution in [2.24, 2.45) is 0 Å². The van der Waals surface area contributed by atoms with Crippen molar-refractivity contribution in [3.63, 3.8) is 0 Å². The number of hydrogen-bond acceptors (Lipinski definition) is 1. The van der Waals surface area contributed by atoms with Crippen molar-refractivity contribution < 1.29 is 0 Å². The van der Waals surface area contributed by atoms with Crippen LogP contribution in [0.15, 0.2) is 0 Å². The molecule has 0 atom stereocenters. The molecule has 0 amide bonds. The molecule has 0 aromatic rings. The summed E-state index contributed by atoms with van der Waals surface area (Å²) in [6.45, 7) is 6.16. The molecule has 17 heavy (non-hydrogen) atoms. The molecule has 0 aliphatic carbocycles. The van der Waals surface area contributed by atoms with Gasteiger partial charge < -0.3 is 0 Å². The Morgan fingerprint density at radius 1 is 0.647 bits per heavy atom. The molecule has 0 saturated carbocycles. The summed E-state index contributed by atoms with van der Waals surface area (Å²) < 4.78 is 0. The number of thioether (sulfide) groups is 1.